The van der Waals surface area contributed by atoms with Crippen LogP contribution in [0.4, 0.5) is 15.9 Å². The van der Waals surface area contributed by atoms with Gasteiger partial charge in [-0.2, -0.15) is 0 Å². The highest BCUT2D eigenvalue weighted by Crippen LogP contribution is 2.30. The Balaban J connectivity index is 0.00000196. The number of nitrogens with two attached hydrogens (primary N) is 1. The van der Waals surface area contributed by atoms with Gasteiger partial charge in [-0.05, 0) is 49.6 Å². The van der Waals surface area contributed by atoms with Gasteiger partial charge in [-0.3, -0.25) is 4.98 Å². The molecule has 1 atom stereocenters. The highest BCUT2D eigenvalue weighted by molar-refractivity contribution is 5.85. The average molecular weight is 372 g/mol. The number of nitrogens with one attached hydrogen (secondary N) is 1. The summed E-state index contributed by atoms with van der Waals surface area (Å²) in [5, 5.41) is 3.24. The number of anilines is 2. The summed E-state index contributed by atoms with van der Waals surface area (Å²) in [7, 11) is 0. The van der Waals surface area contributed by atoms with Crippen molar-refractivity contribution in [1.29, 1.82) is 0 Å². The molecular formula is C19H19ClFN5. The summed E-state index contributed by atoms with van der Waals surface area (Å²) in [5.74, 6) is 1.03. The molecule has 0 aliphatic heterocycles. The van der Waals surface area contributed by atoms with E-state index in [4.69, 9.17) is 10.7 Å². The third-order valence-corrected chi connectivity index (χ3v) is 4.34. The van der Waals surface area contributed by atoms with Gasteiger partial charge in [0.05, 0.1) is 0 Å². The van der Waals surface area contributed by atoms with Crippen LogP contribution in [0.1, 0.15) is 17.7 Å². The number of hydrogen-bond donors (Lipinski definition) is 2. The van der Waals surface area contributed by atoms with Crippen LogP contribution in [0.25, 0.3) is 11.4 Å². The third-order valence-electron chi connectivity index (χ3n) is 4.34. The Morgan fingerprint density at radius 3 is 2.69 bits per heavy atom. The van der Waals surface area contributed by atoms with E-state index in [9.17, 15) is 4.39 Å². The van der Waals surface area contributed by atoms with E-state index in [-0.39, 0.29) is 24.3 Å². The highest BCUT2D eigenvalue weighted by Gasteiger charge is 2.22. The number of aromatic nitrogens is 3. The van der Waals surface area contributed by atoms with Gasteiger partial charge in [0, 0.05) is 40.9 Å². The van der Waals surface area contributed by atoms with Gasteiger partial charge in [0.2, 0.25) is 0 Å². The minimum atomic E-state index is -0.293. The fraction of sp³-hybridized carbons (Fsp3) is 0.211. The quantitative estimate of drug-likeness (QED) is 0.734. The number of halogens is 2. The van der Waals surface area contributed by atoms with Crippen LogP contribution < -0.4 is 11.1 Å². The van der Waals surface area contributed by atoms with Crippen LogP contribution in [0.5, 0.6) is 0 Å². The van der Waals surface area contributed by atoms with E-state index in [1.165, 1.54) is 12.1 Å². The summed E-state index contributed by atoms with van der Waals surface area (Å²) in [5.41, 5.74) is 9.70. The molecule has 4 rings (SSSR count). The Morgan fingerprint density at radius 2 is 1.92 bits per heavy atom. The zero-order chi connectivity index (χ0) is 17.2. The van der Waals surface area contributed by atoms with Gasteiger partial charge in [-0.1, -0.05) is 6.07 Å². The number of aryl methyl sites for hydroxylation is 1. The second-order valence-electron chi connectivity index (χ2n) is 6.20. The van der Waals surface area contributed by atoms with Gasteiger partial charge < -0.3 is 11.1 Å². The van der Waals surface area contributed by atoms with Gasteiger partial charge in [0.15, 0.2) is 5.82 Å². The van der Waals surface area contributed by atoms with Crippen molar-refractivity contribution in [3.8, 4) is 11.4 Å². The molecule has 134 valence electrons. The maximum atomic E-state index is 13.5. The van der Waals surface area contributed by atoms with Gasteiger partial charge in [0.25, 0.3) is 0 Å². The van der Waals surface area contributed by atoms with Gasteiger partial charge in [-0.25, -0.2) is 14.4 Å². The summed E-state index contributed by atoms with van der Waals surface area (Å²) in [6, 6.07) is 10.2. The van der Waals surface area contributed by atoms with Gasteiger partial charge in [-0.15, -0.1) is 12.4 Å². The average Bonchev–Trinajstić information content (AvgIpc) is 2.63. The molecule has 0 saturated heterocycles. The highest BCUT2D eigenvalue weighted by atomic mass is 35.5. The predicted octanol–water partition coefficient (Wildman–Crippen LogP) is 3.66. The maximum absolute atomic E-state index is 13.5. The van der Waals surface area contributed by atoms with Crippen molar-refractivity contribution in [1.82, 2.24) is 15.0 Å². The molecule has 0 bridgehead atoms. The van der Waals surface area contributed by atoms with E-state index in [2.05, 4.69) is 15.3 Å². The number of rotatable bonds is 3. The molecule has 5 nitrogen and oxygen atoms in total. The molecular weight excluding hydrogens is 353 g/mol. The minimum Gasteiger partial charge on any atom is -0.340 e. The number of benzene rings is 1. The molecule has 1 aliphatic rings. The molecule has 26 heavy (non-hydrogen) atoms. The standard InChI is InChI=1S/C19H18FN5.ClH/c20-13-2-1-3-15(10-13)23-19-16-11-14(21)4-5-17(16)24-18(25-19)12-6-8-22-9-7-12;/h1-3,6-10,14H,4-5,11,21H2,(H,23,24,25);1H. The summed E-state index contributed by atoms with van der Waals surface area (Å²) in [6.45, 7) is 0. The molecule has 2 aromatic heterocycles. The van der Waals surface area contributed by atoms with Crippen molar-refractivity contribution < 1.29 is 4.39 Å². The lowest BCUT2D eigenvalue weighted by Crippen LogP contribution is -2.29. The fourth-order valence-electron chi connectivity index (χ4n) is 3.07. The first-order chi connectivity index (χ1) is 12.2. The topological polar surface area (TPSA) is 76.7 Å². The lowest BCUT2D eigenvalue weighted by atomic mass is 9.92. The molecule has 1 unspecified atom stereocenters. The molecule has 1 aliphatic carbocycles. The number of hydrogen-bond acceptors (Lipinski definition) is 5. The van der Waals surface area contributed by atoms with Crippen molar-refractivity contribution >= 4 is 23.9 Å². The van der Waals surface area contributed by atoms with Crippen LogP contribution in [-0.2, 0) is 12.8 Å². The monoisotopic (exact) mass is 371 g/mol. The normalized spacial score (nSPS) is 15.7. The Bertz CT molecular complexity index is 904. The minimum absolute atomic E-state index is 0. The molecule has 0 saturated carbocycles. The number of fused-ring (bicyclic) bond motifs is 1. The smallest absolute Gasteiger partial charge is 0.161 e. The van der Waals surface area contributed by atoms with Crippen LogP contribution in [0.3, 0.4) is 0 Å². The molecule has 0 radical (unpaired) electrons. The number of nitrogens with zero attached hydrogens (tertiary/aromatic N) is 3. The SMILES string of the molecule is Cl.NC1CCc2nc(-c3ccncc3)nc(Nc3cccc(F)c3)c2C1. The molecule has 0 amide bonds. The largest absolute Gasteiger partial charge is 0.340 e. The van der Waals surface area contributed by atoms with Crippen LogP contribution in [0, 0.1) is 5.82 Å². The summed E-state index contributed by atoms with van der Waals surface area (Å²) >= 11 is 0. The molecule has 3 N–H and O–H groups in total. The van der Waals surface area contributed by atoms with Gasteiger partial charge >= 0.3 is 0 Å². The van der Waals surface area contributed by atoms with Crippen LogP contribution in [0.15, 0.2) is 48.8 Å². The first kappa shape index (κ1) is 18.2. The summed E-state index contributed by atoms with van der Waals surface area (Å²) in [4.78, 5) is 13.5. The Labute approximate surface area is 157 Å². The van der Waals surface area contributed by atoms with Crippen LogP contribution >= 0.6 is 12.4 Å². The second kappa shape index (κ2) is 7.76. The lowest BCUT2D eigenvalue weighted by molar-refractivity contribution is 0.566. The Morgan fingerprint density at radius 1 is 1.12 bits per heavy atom. The van der Waals surface area contributed by atoms with Crippen LogP contribution in [-0.4, -0.2) is 21.0 Å². The van der Waals surface area contributed by atoms with E-state index in [1.54, 1.807) is 18.5 Å². The van der Waals surface area contributed by atoms with Crippen LogP contribution in [0.2, 0.25) is 0 Å². The van der Waals surface area contributed by atoms with E-state index in [0.29, 0.717) is 23.8 Å². The zero-order valence-corrected chi connectivity index (χ0v) is 14.8. The third kappa shape index (κ3) is 3.81. The summed E-state index contributed by atoms with van der Waals surface area (Å²) < 4.78 is 13.5. The van der Waals surface area contributed by atoms with Crippen molar-refractivity contribution in [3.05, 3.63) is 65.9 Å². The second-order valence-corrected chi connectivity index (χ2v) is 6.20. The van der Waals surface area contributed by atoms with E-state index < -0.39 is 0 Å². The molecule has 3 aromatic rings. The molecule has 0 fully saturated rings. The molecule has 2 heterocycles. The predicted molar refractivity (Wildman–Crippen MR) is 102 cm³/mol. The van der Waals surface area contributed by atoms with E-state index >= 15 is 0 Å². The van der Waals surface area contributed by atoms with Crippen molar-refractivity contribution in [2.45, 2.75) is 25.3 Å². The zero-order valence-electron chi connectivity index (χ0n) is 14.0. The van der Waals surface area contributed by atoms with E-state index in [1.807, 2.05) is 18.2 Å². The summed E-state index contributed by atoms with van der Waals surface area (Å²) in [6.07, 6.45) is 5.86. The van der Waals surface area contributed by atoms with E-state index in [0.717, 1.165) is 29.7 Å². The first-order valence-corrected chi connectivity index (χ1v) is 8.27. The molecule has 1 aromatic carbocycles. The van der Waals surface area contributed by atoms with Crippen molar-refractivity contribution in [2.24, 2.45) is 5.73 Å². The maximum Gasteiger partial charge on any atom is 0.161 e. The Kier molecular flexibility index (Phi) is 5.44. The van der Waals surface area contributed by atoms with Crippen molar-refractivity contribution in [3.63, 3.8) is 0 Å². The fourth-order valence-corrected chi connectivity index (χ4v) is 3.07. The van der Waals surface area contributed by atoms with Gasteiger partial charge in [0.1, 0.15) is 11.6 Å². The number of pyridine rings is 1. The Hall–Kier alpha value is -2.57. The lowest BCUT2D eigenvalue weighted by Gasteiger charge is -2.24. The first-order valence-electron chi connectivity index (χ1n) is 8.27. The molecule has 7 heteroatoms. The van der Waals surface area contributed by atoms with Crippen molar-refractivity contribution in [2.75, 3.05) is 5.32 Å². The molecule has 0 spiro atoms.